The van der Waals surface area contributed by atoms with Crippen molar-refractivity contribution in [1.29, 1.82) is 0 Å². The Balaban J connectivity index is 2.13. The fourth-order valence-electron chi connectivity index (χ4n) is 2.23. The van der Waals surface area contributed by atoms with Crippen molar-refractivity contribution in [2.24, 2.45) is 11.4 Å². The molecule has 0 unspecified atom stereocenters. The largest absolute Gasteiger partial charge is 0.857 e. The van der Waals surface area contributed by atoms with Crippen molar-refractivity contribution in [2.45, 2.75) is 4.90 Å². The summed E-state index contributed by atoms with van der Waals surface area (Å²) in [5, 5.41) is 17.1. The first-order valence-electron chi connectivity index (χ1n) is 6.90. The Morgan fingerprint density at radius 3 is 2.54 bits per heavy atom. The number of hydrogen-bond donors (Lipinski definition) is 0. The van der Waals surface area contributed by atoms with Gasteiger partial charge in [-0.15, -0.1) is 0 Å². The number of sulfonamides is 1. The van der Waals surface area contributed by atoms with Crippen LogP contribution in [0.4, 0.5) is 4.39 Å². The summed E-state index contributed by atoms with van der Waals surface area (Å²) in [6, 6.07) is 11.0. The highest BCUT2D eigenvalue weighted by molar-refractivity contribution is 7.90. The molecule has 122 valence electrons. The lowest BCUT2D eigenvalue weighted by molar-refractivity contribution is -0.728. The molecular formula is C16H12FN3O3S. The molecule has 0 radical (unpaired) electrons. The number of rotatable bonds is 3. The first kappa shape index (κ1) is 16.0. The van der Waals surface area contributed by atoms with Gasteiger partial charge in [-0.2, -0.15) is 12.8 Å². The number of halogens is 1. The molecule has 24 heavy (non-hydrogen) atoms. The molecule has 0 aliphatic carbocycles. The van der Waals surface area contributed by atoms with Crippen molar-refractivity contribution in [1.82, 2.24) is 5.10 Å². The summed E-state index contributed by atoms with van der Waals surface area (Å²) < 4.78 is 42.1. The van der Waals surface area contributed by atoms with Crippen LogP contribution in [-0.2, 0) is 17.1 Å². The van der Waals surface area contributed by atoms with Gasteiger partial charge in [0.15, 0.2) is 7.05 Å². The van der Waals surface area contributed by atoms with Crippen LogP contribution in [0.25, 0.3) is 10.9 Å². The first-order chi connectivity index (χ1) is 11.4. The van der Waals surface area contributed by atoms with Crippen LogP contribution in [0.5, 0.6) is 0 Å². The maximum absolute atomic E-state index is 12.9. The van der Waals surface area contributed by atoms with E-state index in [1.54, 1.807) is 31.3 Å². The van der Waals surface area contributed by atoms with E-state index in [0.29, 0.717) is 10.9 Å². The van der Waals surface area contributed by atoms with Gasteiger partial charge in [0.2, 0.25) is 6.20 Å². The van der Waals surface area contributed by atoms with Crippen LogP contribution in [0.1, 0.15) is 5.56 Å². The van der Waals surface area contributed by atoms with E-state index < -0.39 is 21.7 Å². The number of fused-ring (bicyclic) bond motifs is 1. The van der Waals surface area contributed by atoms with E-state index in [9.17, 15) is 17.9 Å². The Morgan fingerprint density at radius 2 is 1.83 bits per heavy atom. The Labute approximate surface area is 137 Å². The number of benzene rings is 2. The predicted molar refractivity (Wildman–Crippen MR) is 83.0 cm³/mol. The molecule has 2 aromatic carbocycles. The molecule has 0 saturated carbocycles. The average molecular weight is 345 g/mol. The van der Waals surface area contributed by atoms with E-state index in [1.807, 2.05) is 0 Å². The number of aromatic nitrogens is 2. The zero-order valence-corrected chi connectivity index (χ0v) is 13.4. The van der Waals surface area contributed by atoms with Crippen LogP contribution in [0.2, 0.25) is 0 Å². The number of nitrogens with zero attached hydrogens (tertiary/aromatic N) is 3. The van der Waals surface area contributed by atoms with Gasteiger partial charge in [0.1, 0.15) is 11.3 Å². The van der Waals surface area contributed by atoms with Gasteiger partial charge in [0.25, 0.3) is 10.0 Å². The fourth-order valence-corrected chi connectivity index (χ4v) is 3.13. The summed E-state index contributed by atoms with van der Waals surface area (Å²) in [6.07, 6.45) is 1.41. The molecule has 3 rings (SSSR count). The van der Waals surface area contributed by atoms with Gasteiger partial charge in [0.05, 0.1) is 10.5 Å². The molecule has 1 aromatic heterocycles. The highest BCUT2D eigenvalue weighted by Crippen LogP contribution is 2.17. The second-order valence-electron chi connectivity index (χ2n) is 5.06. The SMILES string of the molecule is C[n+]1cc(/C([O-])=N/S(=O)(=O)c2ccc(F)cc2)c2ccccc2n1. The van der Waals surface area contributed by atoms with E-state index in [0.717, 1.165) is 24.3 Å². The van der Waals surface area contributed by atoms with Gasteiger partial charge in [-0.05, 0) is 35.4 Å². The lowest BCUT2D eigenvalue weighted by atomic mass is 10.1. The van der Waals surface area contributed by atoms with Gasteiger partial charge >= 0.3 is 0 Å². The molecule has 0 bridgehead atoms. The van der Waals surface area contributed by atoms with E-state index in [-0.39, 0.29) is 10.5 Å². The third-order valence-corrected chi connectivity index (χ3v) is 4.59. The van der Waals surface area contributed by atoms with Gasteiger partial charge < -0.3 is 5.11 Å². The summed E-state index contributed by atoms with van der Waals surface area (Å²) in [4.78, 5) is -0.250. The lowest BCUT2D eigenvalue weighted by Gasteiger charge is -2.11. The minimum atomic E-state index is -4.23. The first-order valence-corrected chi connectivity index (χ1v) is 8.34. The fraction of sp³-hybridized carbons (Fsp3) is 0.0625. The van der Waals surface area contributed by atoms with Crippen molar-refractivity contribution in [2.75, 3.05) is 0 Å². The van der Waals surface area contributed by atoms with Crippen molar-refractivity contribution in [3.05, 3.63) is 66.1 Å². The summed E-state index contributed by atoms with van der Waals surface area (Å²) in [7, 11) is -2.60. The second-order valence-corrected chi connectivity index (χ2v) is 6.66. The Hall–Kier alpha value is -2.87. The lowest BCUT2D eigenvalue weighted by Crippen LogP contribution is -2.35. The van der Waals surface area contributed by atoms with Gasteiger partial charge in [-0.1, -0.05) is 22.9 Å². The van der Waals surface area contributed by atoms with Gasteiger partial charge in [-0.25, -0.2) is 4.39 Å². The van der Waals surface area contributed by atoms with Crippen molar-refractivity contribution in [3.63, 3.8) is 0 Å². The highest BCUT2D eigenvalue weighted by Gasteiger charge is 2.15. The molecule has 0 atom stereocenters. The number of aryl methyl sites for hydroxylation is 1. The van der Waals surface area contributed by atoms with E-state index in [1.165, 1.54) is 10.9 Å². The minimum absolute atomic E-state index is 0.119. The maximum atomic E-state index is 12.9. The molecule has 6 nitrogen and oxygen atoms in total. The van der Waals surface area contributed by atoms with Crippen LogP contribution in [0, 0.1) is 5.82 Å². The molecule has 0 saturated heterocycles. The highest BCUT2D eigenvalue weighted by atomic mass is 32.2. The van der Waals surface area contributed by atoms with Crippen LogP contribution >= 0.6 is 0 Å². The maximum Gasteiger partial charge on any atom is 0.281 e. The molecule has 0 amide bonds. The quantitative estimate of drug-likeness (QED) is 0.397. The topological polar surface area (TPSA) is 86.3 Å². The van der Waals surface area contributed by atoms with Crippen LogP contribution in [-0.4, -0.2) is 19.4 Å². The summed E-state index contributed by atoms with van der Waals surface area (Å²) in [5.41, 5.74) is 0.661. The van der Waals surface area contributed by atoms with Crippen molar-refractivity contribution >= 4 is 26.8 Å². The Kier molecular flexibility index (Phi) is 3.98. The summed E-state index contributed by atoms with van der Waals surface area (Å²) in [6.45, 7) is 0. The second kappa shape index (κ2) is 5.97. The normalized spacial score (nSPS) is 12.5. The molecule has 0 N–H and O–H groups in total. The van der Waals surface area contributed by atoms with Gasteiger partial charge in [0, 0.05) is 11.3 Å². The Morgan fingerprint density at radius 1 is 1.17 bits per heavy atom. The van der Waals surface area contributed by atoms with E-state index in [4.69, 9.17) is 0 Å². The van der Waals surface area contributed by atoms with E-state index in [2.05, 4.69) is 9.50 Å². The third kappa shape index (κ3) is 3.09. The molecule has 0 aliphatic heterocycles. The predicted octanol–water partition coefficient (Wildman–Crippen LogP) is 0.694. The molecule has 0 spiro atoms. The zero-order chi connectivity index (χ0) is 17.3. The molecule has 3 aromatic rings. The van der Waals surface area contributed by atoms with Crippen LogP contribution in [0.15, 0.2) is 64.0 Å². The average Bonchev–Trinajstić information content (AvgIpc) is 2.54. The van der Waals surface area contributed by atoms with Crippen molar-refractivity contribution in [3.8, 4) is 0 Å². The zero-order valence-electron chi connectivity index (χ0n) is 12.5. The molecule has 1 heterocycles. The van der Waals surface area contributed by atoms with E-state index >= 15 is 0 Å². The number of hydrogen-bond acceptors (Lipinski definition) is 4. The molecule has 0 aliphatic rings. The molecule has 8 heteroatoms. The van der Waals surface area contributed by atoms with Gasteiger partial charge in [-0.3, -0.25) is 0 Å². The monoisotopic (exact) mass is 345 g/mol. The van der Waals surface area contributed by atoms with Crippen LogP contribution < -0.4 is 9.79 Å². The smallest absolute Gasteiger partial charge is 0.281 e. The third-order valence-electron chi connectivity index (χ3n) is 3.32. The Bertz CT molecular complexity index is 1050. The molecular weight excluding hydrogens is 333 g/mol. The standard InChI is InChI=1S/C16H12FN3O3S/c1-20-10-14(13-4-2-3-5-15(13)18-20)16(21)19-24(22,23)12-8-6-11(17)7-9-12/h2-10H,1H3. The summed E-state index contributed by atoms with van der Waals surface area (Å²) >= 11 is 0. The summed E-state index contributed by atoms with van der Waals surface area (Å²) in [5.74, 6) is -1.49. The van der Waals surface area contributed by atoms with Crippen molar-refractivity contribution < 1.29 is 22.6 Å². The minimum Gasteiger partial charge on any atom is -0.857 e. The molecule has 0 fully saturated rings. The van der Waals surface area contributed by atoms with Crippen LogP contribution in [0.3, 0.4) is 0 Å².